The maximum absolute atomic E-state index is 10.7. The van der Waals surface area contributed by atoms with E-state index in [9.17, 15) is 14.4 Å². The van der Waals surface area contributed by atoms with E-state index in [1.54, 1.807) is 0 Å². The highest BCUT2D eigenvalue weighted by molar-refractivity contribution is 5.86. The van der Waals surface area contributed by atoms with Crippen molar-refractivity contribution in [2.75, 3.05) is 0 Å². The Kier molecular flexibility index (Phi) is 3.96. The molecule has 0 heterocycles. The van der Waals surface area contributed by atoms with Crippen molar-refractivity contribution in [3.63, 3.8) is 0 Å². The molecule has 0 aliphatic heterocycles. The molecule has 5 nitrogen and oxygen atoms in total. The number of aliphatic carboxylic acids is 1. The third-order valence-electron chi connectivity index (χ3n) is 1.12. The summed E-state index contributed by atoms with van der Waals surface area (Å²) in [5.74, 6) is -2.29. The van der Waals surface area contributed by atoms with Gasteiger partial charge in [-0.05, 0) is 6.92 Å². The van der Waals surface area contributed by atoms with Gasteiger partial charge >= 0.3 is 11.9 Å². The lowest BCUT2D eigenvalue weighted by Gasteiger charge is -2.10. The van der Waals surface area contributed by atoms with Crippen molar-refractivity contribution >= 4 is 17.7 Å². The van der Waals surface area contributed by atoms with Crippen molar-refractivity contribution in [1.29, 1.82) is 0 Å². The molecular formula is C7H10O5. The van der Waals surface area contributed by atoms with Gasteiger partial charge < -0.3 is 9.84 Å². The van der Waals surface area contributed by atoms with Gasteiger partial charge in [0.05, 0.1) is 6.42 Å². The van der Waals surface area contributed by atoms with Gasteiger partial charge in [0.1, 0.15) is 0 Å². The fourth-order valence-corrected chi connectivity index (χ4v) is 0.627. The number of hydrogen-bond acceptors (Lipinski definition) is 4. The summed E-state index contributed by atoms with van der Waals surface area (Å²) in [5.41, 5.74) is 0. The number of Topliss-reactive ketones (excluding diaryl/α,β-unsaturated/α-hetero) is 1. The number of carbonyl (C=O) groups excluding carboxylic acids is 2. The van der Waals surface area contributed by atoms with E-state index in [2.05, 4.69) is 4.74 Å². The first-order valence-corrected chi connectivity index (χ1v) is 3.33. The van der Waals surface area contributed by atoms with Crippen LogP contribution in [-0.4, -0.2) is 28.9 Å². The molecule has 0 fully saturated rings. The highest BCUT2D eigenvalue weighted by Crippen LogP contribution is 2.00. The summed E-state index contributed by atoms with van der Waals surface area (Å²) in [6.45, 7) is 2.30. The Labute approximate surface area is 69.3 Å². The number of carbonyl (C=O) groups is 3. The Morgan fingerprint density at radius 2 is 1.83 bits per heavy atom. The number of carboxylic acid groups (broad SMARTS) is 1. The van der Waals surface area contributed by atoms with E-state index in [1.807, 2.05) is 0 Å². The molecule has 1 unspecified atom stereocenters. The van der Waals surface area contributed by atoms with Crippen LogP contribution in [0.3, 0.4) is 0 Å². The molecule has 0 aromatic carbocycles. The van der Waals surface area contributed by atoms with Crippen molar-refractivity contribution in [1.82, 2.24) is 0 Å². The molecule has 0 aromatic heterocycles. The van der Waals surface area contributed by atoms with E-state index < -0.39 is 30.2 Å². The molecule has 0 spiro atoms. The van der Waals surface area contributed by atoms with Crippen LogP contribution in [0.15, 0.2) is 0 Å². The van der Waals surface area contributed by atoms with Crippen LogP contribution in [0, 0.1) is 0 Å². The van der Waals surface area contributed by atoms with Crippen molar-refractivity contribution in [2.24, 2.45) is 0 Å². The predicted octanol–water partition coefficient (Wildman–Crippen LogP) is -0.0182. The molecule has 5 heteroatoms. The predicted molar refractivity (Wildman–Crippen MR) is 38.5 cm³/mol. The molecule has 68 valence electrons. The van der Waals surface area contributed by atoms with Gasteiger partial charge in [-0.2, -0.15) is 0 Å². The SMILES string of the molecule is CC(=O)OC(CC(=O)O)C(C)=O. The van der Waals surface area contributed by atoms with E-state index in [4.69, 9.17) is 5.11 Å². The van der Waals surface area contributed by atoms with Gasteiger partial charge in [-0.3, -0.25) is 14.4 Å². The maximum atomic E-state index is 10.7. The fraction of sp³-hybridized carbons (Fsp3) is 0.571. The van der Waals surface area contributed by atoms with Crippen LogP contribution in [0.1, 0.15) is 20.3 Å². The summed E-state index contributed by atoms with van der Waals surface area (Å²) in [5, 5.41) is 8.30. The van der Waals surface area contributed by atoms with Crippen LogP contribution >= 0.6 is 0 Å². The fourth-order valence-electron chi connectivity index (χ4n) is 0.627. The summed E-state index contributed by atoms with van der Waals surface area (Å²) < 4.78 is 4.45. The van der Waals surface area contributed by atoms with Crippen molar-refractivity contribution < 1.29 is 24.2 Å². The molecule has 1 N–H and O–H groups in total. The van der Waals surface area contributed by atoms with Crippen LogP contribution in [0.25, 0.3) is 0 Å². The minimum Gasteiger partial charge on any atom is -0.481 e. The van der Waals surface area contributed by atoms with Crippen LogP contribution in [0.2, 0.25) is 0 Å². The lowest BCUT2D eigenvalue weighted by Crippen LogP contribution is -2.26. The Hall–Kier alpha value is -1.39. The summed E-state index contributed by atoms with van der Waals surface area (Å²) in [4.78, 5) is 31.2. The number of ketones is 1. The first kappa shape index (κ1) is 10.6. The second kappa shape index (κ2) is 4.48. The lowest BCUT2D eigenvalue weighted by atomic mass is 10.2. The van der Waals surface area contributed by atoms with Gasteiger partial charge in [-0.15, -0.1) is 0 Å². The third kappa shape index (κ3) is 4.43. The lowest BCUT2D eigenvalue weighted by molar-refractivity contribution is -0.156. The quantitative estimate of drug-likeness (QED) is 0.606. The number of carboxylic acids is 1. The Morgan fingerprint density at radius 3 is 2.08 bits per heavy atom. The standard InChI is InChI=1S/C7H10O5/c1-4(8)6(3-7(10)11)12-5(2)9/h6H,3H2,1-2H3,(H,10,11). The third-order valence-corrected chi connectivity index (χ3v) is 1.12. The van der Waals surface area contributed by atoms with Crippen LogP contribution < -0.4 is 0 Å². The van der Waals surface area contributed by atoms with E-state index in [1.165, 1.54) is 6.92 Å². The molecule has 12 heavy (non-hydrogen) atoms. The van der Waals surface area contributed by atoms with Crippen LogP contribution in [-0.2, 0) is 19.1 Å². The molecule has 0 radical (unpaired) electrons. The average molecular weight is 174 g/mol. The monoisotopic (exact) mass is 174 g/mol. The van der Waals surface area contributed by atoms with Gasteiger partial charge in [0, 0.05) is 6.92 Å². The van der Waals surface area contributed by atoms with E-state index in [-0.39, 0.29) is 0 Å². The number of rotatable bonds is 4. The second-order valence-electron chi connectivity index (χ2n) is 2.31. The average Bonchev–Trinajstić information content (AvgIpc) is 1.83. The van der Waals surface area contributed by atoms with Crippen LogP contribution in [0.4, 0.5) is 0 Å². The summed E-state index contributed by atoms with van der Waals surface area (Å²) in [6.07, 6.45) is -1.63. The minimum absolute atomic E-state index is 0.465. The van der Waals surface area contributed by atoms with Crippen molar-refractivity contribution in [3.8, 4) is 0 Å². The zero-order valence-electron chi connectivity index (χ0n) is 6.86. The number of esters is 1. The zero-order chi connectivity index (χ0) is 9.72. The Bertz CT molecular complexity index is 192. The highest BCUT2D eigenvalue weighted by Gasteiger charge is 2.20. The van der Waals surface area contributed by atoms with E-state index in [0.29, 0.717) is 0 Å². The van der Waals surface area contributed by atoms with E-state index in [0.717, 1.165) is 6.92 Å². The van der Waals surface area contributed by atoms with Gasteiger partial charge in [-0.25, -0.2) is 0 Å². The molecule has 0 rings (SSSR count). The topological polar surface area (TPSA) is 80.7 Å². The summed E-state index contributed by atoms with van der Waals surface area (Å²) >= 11 is 0. The second-order valence-corrected chi connectivity index (χ2v) is 2.31. The van der Waals surface area contributed by atoms with E-state index >= 15 is 0 Å². The largest absolute Gasteiger partial charge is 0.481 e. The molecule has 0 aromatic rings. The smallest absolute Gasteiger partial charge is 0.307 e. The molecule has 0 saturated carbocycles. The highest BCUT2D eigenvalue weighted by atomic mass is 16.5. The molecule has 0 aliphatic rings. The first-order chi connectivity index (χ1) is 5.43. The van der Waals surface area contributed by atoms with Gasteiger partial charge in [0.2, 0.25) is 0 Å². The Balaban J connectivity index is 4.14. The van der Waals surface area contributed by atoms with Crippen LogP contribution in [0.5, 0.6) is 0 Å². The molecule has 0 aliphatic carbocycles. The van der Waals surface area contributed by atoms with Gasteiger partial charge in [-0.1, -0.05) is 0 Å². The summed E-state index contributed by atoms with van der Waals surface area (Å²) in [7, 11) is 0. The molecular weight excluding hydrogens is 164 g/mol. The van der Waals surface area contributed by atoms with Crippen molar-refractivity contribution in [3.05, 3.63) is 0 Å². The maximum Gasteiger partial charge on any atom is 0.307 e. The molecule has 0 bridgehead atoms. The first-order valence-electron chi connectivity index (χ1n) is 3.33. The summed E-state index contributed by atoms with van der Waals surface area (Å²) in [6, 6.07) is 0. The number of hydrogen-bond donors (Lipinski definition) is 1. The molecule has 0 saturated heterocycles. The van der Waals surface area contributed by atoms with Gasteiger partial charge in [0.15, 0.2) is 11.9 Å². The normalized spacial score (nSPS) is 11.8. The minimum atomic E-state index is -1.17. The van der Waals surface area contributed by atoms with Crippen molar-refractivity contribution in [2.45, 2.75) is 26.4 Å². The number of ether oxygens (including phenoxy) is 1. The zero-order valence-corrected chi connectivity index (χ0v) is 6.86. The molecule has 0 amide bonds. The van der Waals surface area contributed by atoms with Gasteiger partial charge in [0.25, 0.3) is 0 Å². The Morgan fingerprint density at radius 1 is 1.33 bits per heavy atom. The molecule has 1 atom stereocenters.